The van der Waals surface area contributed by atoms with Crippen LogP contribution < -0.4 is 10.1 Å². The molecule has 0 fully saturated rings. The average Bonchev–Trinajstić information content (AvgIpc) is 2.46. The van der Waals surface area contributed by atoms with Crippen molar-refractivity contribution in [2.45, 2.75) is 26.9 Å². The molecule has 2 aromatic carbocycles. The van der Waals surface area contributed by atoms with Gasteiger partial charge in [0, 0.05) is 10.7 Å². The molecule has 0 saturated heterocycles. The maximum Gasteiger partial charge on any atom is 0.265 e. The van der Waals surface area contributed by atoms with Crippen molar-refractivity contribution in [2.75, 3.05) is 5.32 Å². The summed E-state index contributed by atoms with van der Waals surface area (Å²) in [4.78, 5) is 12.3. The quantitative estimate of drug-likeness (QED) is 0.850. The summed E-state index contributed by atoms with van der Waals surface area (Å²) in [6.45, 7) is 5.64. The van der Waals surface area contributed by atoms with E-state index in [9.17, 15) is 4.79 Å². The van der Waals surface area contributed by atoms with Crippen LogP contribution in [0.2, 0.25) is 10.0 Å². The number of rotatable bonds is 4. The largest absolute Gasteiger partial charge is 0.479 e. The maximum atomic E-state index is 12.3. The Balaban J connectivity index is 2.07. The molecule has 0 spiro atoms. The minimum absolute atomic E-state index is 0.236. The molecule has 0 aliphatic heterocycles. The molecule has 0 radical (unpaired) electrons. The van der Waals surface area contributed by atoms with E-state index in [4.69, 9.17) is 27.9 Å². The second-order valence-electron chi connectivity index (χ2n) is 5.07. The number of ether oxygens (including phenoxy) is 1. The topological polar surface area (TPSA) is 38.3 Å². The van der Waals surface area contributed by atoms with Gasteiger partial charge in [-0.2, -0.15) is 0 Å². The average molecular weight is 338 g/mol. The molecule has 2 rings (SSSR count). The van der Waals surface area contributed by atoms with E-state index in [2.05, 4.69) is 5.32 Å². The fourth-order valence-electron chi connectivity index (χ4n) is 1.94. The fourth-order valence-corrected chi connectivity index (χ4v) is 2.39. The molecule has 0 aromatic heterocycles. The molecule has 0 bridgehead atoms. The zero-order chi connectivity index (χ0) is 16.3. The first-order valence-corrected chi connectivity index (χ1v) is 7.63. The van der Waals surface area contributed by atoms with Gasteiger partial charge in [0.15, 0.2) is 6.10 Å². The Bertz CT molecular complexity index is 701. The van der Waals surface area contributed by atoms with Gasteiger partial charge in [-0.1, -0.05) is 35.3 Å². The molecular weight excluding hydrogens is 321 g/mol. The van der Waals surface area contributed by atoms with Gasteiger partial charge in [0.05, 0.1) is 5.02 Å². The lowest BCUT2D eigenvalue weighted by Gasteiger charge is -2.17. The number of anilines is 1. The van der Waals surface area contributed by atoms with Crippen LogP contribution in [0.15, 0.2) is 36.4 Å². The summed E-state index contributed by atoms with van der Waals surface area (Å²) in [7, 11) is 0. The van der Waals surface area contributed by atoms with Crippen LogP contribution in [0.1, 0.15) is 18.1 Å². The van der Waals surface area contributed by atoms with Crippen LogP contribution >= 0.6 is 23.2 Å². The van der Waals surface area contributed by atoms with E-state index < -0.39 is 6.10 Å². The van der Waals surface area contributed by atoms with E-state index in [1.54, 1.807) is 25.1 Å². The van der Waals surface area contributed by atoms with Gasteiger partial charge in [0.1, 0.15) is 5.75 Å². The highest BCUT2D eigenvalue weighted by Crippen LogP contribution is 2.28. The van der Waals surface area contributed by atoms with Gasteiger partial charge >= 0.3 is 0 Å². The molecule has 1 N–H and O–H groups in total. The second kappa shape index (κ2) is 7.03. The Hall–Kier alpha value is -1.71. The van der Waals surface area contributed by atoms with Crippen molar-refractivity contribution in [3.05, 3.63) is 57.6 Å². The van der Waals surface area contributed by atoms with E-state index >= 15 is 0 Å². The molecule has 5 heteroatoms. The van der Waals surface area contributed by atoms with Crippen LogP contribution in [0, 0.1) is 13.8 Å². The summed E-state index contributed by atoms with van der Waals surface area (Å²) in [5.41, 5.74) is 2.93. The molecule has 1 unspecified atom stereocenters. The Morgan fingerprint density at radius 2 is 1.91 bits per heavy atom. The lowest BCUT2D eigenvalue weighted by Crippen LogP contribution is -2.30. The third-order valence-electron chi connectivity index (χ3n) is 3.43. The van der Waals surface area contributed by atoms with Gasteiger partial charge in [-0.15, -0.1) is 0 Å². The Morgan fingerprint density at radius 1 is 1.18 bits per heavy atom. The van der Waals surface area contributed by atoms with Crippen LogP contribution in [-0.2, 0) is 4.79 Å². The number of amides is 1. The van der Waals surface area contributed by atoms with E-state index in [0.717, 1.165) is 16.8 Å². The van der Waals surface area contributed by atoms with Gasteiger partial charge in [-0.05, 0) is 56.2 Å². The summed E-state index contributed by atoms with van der Waals surface area (Å²) in [5.74, 6) is 0.189. The molecule has 0 heterocycles. The first-order chi connectivity index (χ1) is 10.4. The highest BCUT2D eigenvalue weighted by molar-refractivity contribution is 6.35. The van der Waals surface area contributed by atoms with Crippen LogP contribution in [0.4, 0.5) is 5.69 Å². The highest BCUT2D eigenvalue weighted by atomic mass is 35.5. The minimum atomic E-state index is -0.682. The van der Waals surface area contributed by atoms with Gasteiger partial charge < -0.3 is 10.1 Å². The summed E-state index contributed by atoms with van der Waals surface area (Å²) in [6, 6.07) is 10.7. The summed E-state index contributed by atoms with van der Waals surface area (Å²) in [5, 5.41) is 3.76. The third-order valence-corrected chi connectivity index (χ3v) is 3.96. The Kier molecular flexibility index (Phi) is 5.33. The summed E-state index contributed by atoms with van der Waals surface area (Å²) >= 11 is 11.9. The number of nitrogens with one attached hydrogen (secondary N) is 1. The molecule has 2 aromatic rings. The lowest BCUT2D eigenvalue weighted by molar-refractivity contribution is -0.122. The number of halogens is 2. The van der Waals surface area contributed by atoms with Crippen LogP contribution in [0.3, 0.4) is 0 Å². The molecule has 0 saturated carbocycles. The van der Waals surface area contributed by atoms with Gasteiger partial charge in [0.25, 0.3) is 5.91 Å². The zero-order valence-electron chi connectivity index (χ0n) is 12.6. The molecule has 3 nitrogen and oxygen atoms in total. The molecule has 1 amide bonds. The molecule has 0 aliphatic carbocycles. The van der Waals surface area contributed by atoms with Crippen LogP contribution in [-0.4, -0.2) is 12.0 Å². The van der Waals surface area contributed by atoms with Crippen molar-refractivity contribution in [2.24, 2.45) is 0 Å². The first kappa shape index (κ1) is 16.7. The number of hydrogen-bond donors (Lipinski definition) is 1. The smallest absolute Gasteiger partial charge is 0.265 e. The van der Waals surface area contributed by atoms with Crippen LogP contribution in [0.5, 0.6) is 5.75 Å². The lowest BCUT2D eigenvalue weighted by atomic mass is 10.1. The predicted molar refractivity (Wildman–Crippen MR) is 91.1 cm³/mol. The van der Waals surface area contributed by atoms with Crippen molar-refractivity contribution in [3.63, 3.8) is 0 Å². The van der Waals surface area contributed by atoms with Crippen molar-refractivity contribution in [1.29, 1.82) is 0 Å². The van der Waals surface area contributed by atoms with E-state index in [0.29, 0.717) is 15.8 Å². The minimum Gasteiger partial charge on any atom is -0.479 e. The summed E-state index contributed by atoms with van der Waals surface area (Å²) < 4.78 is 5.60. The van der Waals surface area contributed by atoms with Gasteiger partial charge in [-0.3, -0.25) is 4.79 Å². The Labute approximate surface area is 140 Å². The number of benzene rings is 2. The number of carbonyl (C=O) groups is 1. The SMILES string of the molecule is Cc1cccc(NC(=O)C(C)Oc2ccc(Cl)cc2Cl)c1C. The normalized spacial score (nSPS) is 11.9. The zero-order valence-corrected chi connectivity index (χ0v) is 14.1. The number of aryl methyl sites for hydroxylation is 1. The van der Waals surface area contributed by atoms with E-state index in [1.165, 1.54) is 0 Å². The van der Waals surface area contributed by atoms with Gasteiger partial charge in [-0.25, -0.2) is 0 Å². The van der Waals surface area contributed by atoms with E-state index in [1.807, 2.05) is 32.0 Å². The third kappa shape index (κ3) is 3.93. The predicted octanol–water partition coefficient (Wildman–Crippen LogP) is 5.02. The molecule has 22 heavy (non-hydrogen) atoms. The van der Waals surface area contributed by atoms with Crippen molar-refractivity contribution < 1.29 is 9.53 Å². The van der Waals surface area contributed by atoms with Crippen molar-refractivity contribution >= 4 is 34.8 Å². The van der Waals surface area contributed by atoms with E-state index in [-0.39, 0.29) is 5.91 Å². The molecule has 0 aliphatic rings. The van der Waals surface area contributed by atoms with Crippen molar-refractivity contribution in [3.8, 4) is 5.75 Å². The first-order valence-electron chi connectivity index (χ1n) is 6.87. The summed E-state index contributed by atoms with van der Waals surface area (Å²) in [6.07, 6.45) is -0.682. The monoisotopic (exact) mass is 337 g/mol. The number of hydrogen-bond acceptors (Lipinski definition) is 2. The fraction of sp³-hybridized carbons (Fsp3) is 0.235. The second-order valence-corrected chi connectivity index (χ2v) is 5.92. The molecular formula is C17H17Cl2NO2. The van der Waals surface area contributed by atoms with Crippen LogP contribution in [0.25, 0.3) is 0 Å². The van der Waals surface area contributed by atoms with Crippen molar-refractivity contribution in [1.82, 2.24) is 0 Å². The standard InChI is InChI=1S/C17H17Cl2NO2/c1-10-5-4-6-15(11(10)2)20-17(21)12(3)22-16-8-7-13(18)9-14(16)19/h4-9,12H,1-3H3,(H,20,21). The number of carbonyl (C=O) groups excluding carboxylic acids is 1. The van der Waals surface area contributed by atoms with Gasteiger partial charge in [0.2, 0.25) is 0 Å². The molecule has 1 atom stereocenters. The Morgan fingerprint density at radius 3 is 2.59 bits per heavy atom. The highest BCUT2D eigenvalue weighted by Gasteiger charge is 2.17. The maximum absolute atomic E-state index is 12.3. The molecule has 116 valence electrons.